The number of hydrogen-bond donors (Lipinski definition) is 0. The number of carbonyl (C=O) groups is 1. The van der Waals surface area contributed by atoms with E-state index >= 15 is 0 Å². The molecular formula is C32H50N2O2S. The highest BCUT2D eigenvalue weighted by molar-refractivity contribution is 8.35. The fraction of sp³-hybridized carbons (Fsp3) is 0.469. The van der Waals surface area contributed by atoms with Crippen molar-refractivity contribution in [1.29, 1.82) is 0 Å². The van der Waals surface area contributed by atoms with Crippen LogP contribution < -0.4 is 0 Å². The molecule has 0 unspecified atom stereocenters. The number of benzene rings is 1. The quantitative estimate of drug-likeness (QED) is 0.157. The molecule has 0 saturated heterocycles. The van der Waals surface area contributed by atoms with E-state index in [1.54, 1.807) is 4.90 Å². The van der Waals surface area contributed by atoms with Crippen LogP contribution in [0.2, 0.25) is 0 Å². The first-order valence-corrected chi connectivity index (χ1v) is 15.5. The van der Waals surface area contributed by atoms with Crippen LogP contribution in [-0.4, -0.2) is 54.0 Å². The summed E-state index contributed by atoms with van der Waals surface area (Å²) in [5.74, 6) is 6.76. The summed E-state index contributed by atoms with van der Waals surface area (Å²) < 4.78 is 5.72. The summed E-state index contributed by atoms with van der Waals surface area (Å²) in [4.78, 5) is 18.1. The molecule has 0 spiro atoms. The normalized spacial score (nSPS) is 12.3. The Balaban J connectivity index is 0.00000631. The third kappa shape index (κ3) is 14.0. The standard InChI is InChI=1S/C30H46N2O2S.C2H4/c1-10-28(11-2)35(8,9)25-34-29(33)32(13-4)24-27-19-17-18-26(22-27)23-31(12-3)21-16-14-15-20-30(5,6)7;1-2/h10-11,14,16-19,22H,1,12-13,21,23-25H2,2-9H3;1-2H2/b16-14+,28-11+;. The largest absolute Gasteiger partial charge is 0.440 e. The van der Waals surface area contributed by atoms with Crippen LogP contribution in [0.4, 0.5) is 4.79 Å². The molecule has 1 aromatic rings. The molecule has 37 heavy (non-hydrogen) atoms. The van der Waals surface area contributed by atoms with Crippen LogP contribution >= 0.6 is 10.0 Å². The van der Waals surface area contributed by atoms with E-state index in [9.17, 15) is 4.79 Å². The molecule has 0 saturated carbocycles. The Morgan fingerprint density at radius 1 is 1.11 bits per heavy atom. The SMILES string of the molecule is C=C.C=C/C(=C\C)S(C)(C)COC(=O)N(CC)Cc1cccc(CN(CC)C/C=C/C#CC(C)(C)C)c1. The summed E-state index contributed by atoms with van der Waals surface area (Å²) in [6.45, 7) is 26.2. The van der Waals surface area contributed by atoms with Gasteiger partial charge in [-0.2, -0.15) is 10.0 Å². The van der Waals surface area contributed by atoms with E-state index in [0.29, 0.717) is 19.0 Å². The Hall–Kier alpha value is -2.68. The zero-order valence-electron chi connectivity index (χ0n) is 24.6. The predicted octanol–water partition coefficient (Wildman–Crippen LogP) is 7.99. The zero-order valence-corrected chi connectivity index (χ0v) is 25.4. The molecule has 0 radical (unpaired) electrons. The Kier molecular flexibility index (Phi) is 16.4. The maximum atomic E-state index is 12.8. The van der Waals surface area contributed by atoms with Crippen molar-refractivity contribution in [3.63, 3.8) is 0 Å². The van der Waals surface area contributed by atoms with E-state index in [1.807, 2.05) is 32.1 Å². The van der Waals surface area contributed by atoms with Crippen LogP contribution in [0.3, 0.4) is 0 Å². The number of hydrogen-bond acceptors (Lipinski definition) is 3. The molecule has 1 aromatic carbocycles. The van der Waals surface area contributed by atoms with Gasteiger partial charge in [-0.1, -0.05) is 67.8 Å². The summed E-state index contributed by atoms with van der Waals surface area (Å²) in [7, 11) is -1.22. The second-order valence-electron chi connectivity index (χ2n) is 10.0. The first kappa shape index (κ1) is 34.3. The van der Waals surface area contributed by atoms with Crippen LogP contribution in [0.1, 0.15) is 52.7 Å². The average molecular weight is 527 g/mol. The second-order valence-corrected chi connectivity index (χ2v) is 13.8. The van der Waals surface area contributed by atoms with Crippen molar-refractivity contribution in [1.82, 2.24) is 9.80 Å². The van der Waals surface area contributed by atoms with Gasteiger partial charge < -0.3 is 9.64 Å². The van der Waals surface area contributed by atoms with Crippen molar-refractivity contribution in [3.8, 4) is 11.8 Å². The van der Waals surface area contributed by atoms with E-state index in [-0.39, 0.29) is 11.5 Å². The van der Waals surface area contributed by atoms with E-state index < -0.39 is 10.0 Å². The number of nitrogens with zero attached hydrogens (tertiary/aromatic N) is 2. The molecule has 0 aliphatic heterocycles. The van der Waals surface area contributed by atoms with Gasteiger partial charge >= 0.3 is 6.09 Å². The van der Waals surface area contributed by atoms with Gasteiger partial charge in [-0.25, -0.2) is 4.79 Å². The lowest BCUT2D eigenvalue weighted by Crippen LogP contribution is -2.32. The number of allylic oxidation sites excluding steroid dienone is 3. The number of carbonyl (C=O) groups excluding carboxylic acids is 1. The molecule has 0 aliphatic rings. The molecular weight excluding hydrogens is 476 g/mol. The lowest BCUT2D eigenvalue weighted by atomic mass is 9.98. The molecule has 0 atom stereocenters. The smallest absolute Gasteiger partial charge is 0.410 e. The third-order valence-corrected chi connectivity index (χ3v) is 7.86. The second kappa shape index (κ2) is 17.7. The van der Waals surface area contributed by atoms with Crippen LogP contribution in [0.25, 0.3) is 0 Å². The average Bonchev–Trinajstić information content (AvgIpc) is 2.86. The fourth-order valence-corrected chi connectivity index (χ4v) is 5.08. The van der Waals surface area contributed by atoms with E-state index in [4.69, 9.17) is 4.74 Å². The maximum absolute atomic E-state index is 12.8. The molecule has 0 heterocycles. The van der Waals surface area contributed by atoms with Crippen LogP contribution in [0, 0.1) is 17.3 Å². The number of rotatable bonds is 12. The van der Waals surface area contributed by atoms with Crippen molar-refractivity contribution >= 4 is 16.1 Å². The first-order valence-electron chi connectivity index (χ1n) is 12.8. The topological polar surface area (TPSA) is 32.8 Å². The molecule has 5 heteroatoms. The Morgan fingerprint density at radius 3 is 2.24 bits per heavy atom. The van der Waals surface area contributed by atoms with Gasteiger partial charge in [0.15, 0.2) is 0 Å². The van der Waals surface area contributed by atoms with Crippen LogP contribution in [0.5, 0.6) is 0 Å². The van der Waals surface area contributed by atoms with Crippen molar-refractivity contribution in [2.45, 2.75) is 54.6 Å². The van der Waals surface area contributed by atoms with Crippen molar-refractivity contribution in [2.75, 3.05) is 38.1 Å². The summed E-state index contributed by atoms with van der Waals surface area (Å²) in [6.07, 6.45) is 12.0. The van der Waals surface area contributed by atoms with Crippen LogP contribution in [-0.2, 0) is 17.8 Å². The minimum Gasteiger partial charge on any atom is -0.440 e. The van der Waals surface area contributed by atoms with Crippen molar-refractivity contribution in [2.24, 2.45) is 5.41 Å². The molecule has 1 rings (SSSR count). The molecule has 4 nitrogen and oxygen atoms in total. The highest BCUT2D eigenvalue weighted by Crippen LogP contribution is 2.49. The number of amides is 1. The van der Waals surface area contributed by atoms with Crippen LogP contribution in [0.15, 0.2) is 73.2 Å². The Morgan fingerprint density at radius 2 is 1.73 bits per heavy atom. The number of ether oxygens (including phenoxy) is 1. The Labute approximate surface area is 229 Å². The highest BCUT2D eigenvalue weighted by Gasteiger charge is 2.20. The lowest BCUT2D eigenvalue weighted by Gasteiger charge is -2.32. The molecule has 0 bridgehead atoms. The van der Waals surface area contributed by atoms with Gasteiger partial charge in [0.05, 0.1) is 0 Å². The monoisotopic (exact) mass is 526 g/mol. The van der Waals surface area contributed by atoms with E-state index in [1.165, 1.54) is 5.56 Å². The van der Waals surface area contributed by atoms with E-state index in [0.717, 1.165) is 30.1 Å². The summed E-state index contributed by atoms with van der Waals surface area (Å²) >= 11 is 0. The number of likely N-dealkylation sites (N-methyl/N-ethyl adjacent to an activating group) is 1. The minimum absolute atomic E-state index is 0.0203. The van der Waals surface area contributed by atoms with Gasteiger partial charge in [-0.05, 0) is 75.8 Å². The zero-order chi connectivity index (χ0) is 28.5. The van der Waals surface area contributed by atoms with Gasteiger partial charge in [-0.15, -0.1) is 13.2 Å². The molecule has 0 aromatic heterocycles. The van der Waals surface area contributed by atoms with Gasteiger partial charge in [-0.3, -0.25) is 4.90 Å². The summed E-state index contributed by atoms with van der Waals surface area (Å²) in [5.41, 5.74) is 2.36. The highest BCUT2D eigenvalue weighted by atomic mass is 32.3. The summed E-state index contributed by atoms with van der Waals surface area (Å²) in [5, 5.41) is 0. The van der Waals surface area contributed by atoms with Crippen molar-refractivity contribution < 1.29 is 9.53 Å². The van der Waals surface area contributed by atoms with E-state index in [2.05, 4.69) is 107 Å². The maximum Gasteiger partial charge on any atom is 0.410 e. The molecule has 1 amide bonds. The molecule has 0 aliphatic carbocycles. The lowest BCUT2D eigenvalue weighted by molar-refractivity contribution is 0.118. The fourth-order valence-electron chi connectivity index (χ4n) is 3.45. The van der Waals surface area contributed by atoms with Gasteiger partial charge in [0, 0.05) is 31.6 Å². The minimum atomic E-state index is -1.22. The summed E-state index contributed by atoms with van der Waals surface area (Å²) in [6, 6.07) is 8.47. The van der Waals surface area contributed by atoms with Gasteiger partial charge in [0.1, 0.15) is 5.94 Å². The third-order valence-electron chi connectivity index (χ3n) is 5.47. The van der Waals surface area contributed by atoms with Gasteiger partial charge in [0.25, 0.3) is 0 Å². The molecule has 0 N–H and O–H groups in total. The predicted molar refractivity (Wildman–Crippen MR) is 166 cm³/mol. The molecule has 0 fully saturated rings. The molecule has 206 valence electrons. The van der Waals surface area contributed by atoms with Crippen molar-refractivity contribution in [3.05, 3.63) is 84.3 Å². The first-order chi connectivity index (χ1) is 17.5. The van der Waals surface area contributed by atoms with Gasteiger partial charge in [0.2, 0.25) is 0 Å². The Bertz CT molecular complexity index is 961.